The minimum atomic E-state index is -0.432. The van der Waals surface area contributed by atoms with Gasteiger partial charge in [-0.05, 0) is 12.1 Å². The normalized spacial score (nSPS) is 10.2. The number of rotatable bonds is 2. The lowest BCUT2D eigenvalue weighted by Gasteiger charge is -2.01. The molecule has 0 bridgehead atoms. The van der Waals surface area contributed by atoms with Crippen molar-refractivity contribution < 1.29 is 4.92 Å². The maximum absolute atomic E-state index is 10.3. The van der Waals surface area contributed by atoms with Crippen LogP contribution < -0.4 is 0 Å². The highest BCUT2D eigenvalue weighted by Crippen LogP contribution is 2.18. The first kappa shape index (κ1) is 7.53. The molecule has 1 aromatic carbocycles. The Morgan fingerprint density at radius 3 is 2.31 bits per heavy atom. The zero-order chi connectivity index (χ0) is 9.26. The van der Waals surface area contributed by atoms with E-state index in [1.54, 1.807) is 12.1 Å². The van der Waals surface area contributed by atoms with Crippen LogP contribution in [0.2, 0.25) is 0 Å². The van der Waals surface area contributed by atoms with E-state index in [9.17, 15) is 10.1 Å². The first-order valence-electron chi connectivity index (χ1n) is 3.61. The van der Waals surface area contributed by atoms with E-state index >= 15 is 0 Å². The molecule has 0 aliphatic heterocycles. The summed E-state index contributed by atoms with van der Waals surface area (Å²) in [6.07, 6.45) is 0. The van der Waals surface area contributed by atoms with Crippen LogP contribution in [0.3, 0.4) is 0 Å². The SMILES string of the molecule is O=[N+]([O-])c1ccc(-c2n[nH][nH]2)cc1. The third-order valence-electron chi connectivity index (χ3n) is 1.69. The van der Waals surface area contributed by atoms with Crippen molar-refractivity contribution in [1.82, 2.24) is 15.4 Å². The second-order valence-corrected chi connectivity index (χ2v) is 2.50. The standard InChI is InChI=1S/C7H6N4O2/c12-11(13)6-3-1-5(2-4-6)7-8-10-9-7/h1-4,10H,(H,8,9). The molecule has 0 unspecified atom stereocenters. The second kappa shape index (κ2) is 2.74. The van der Waals surface area contributed by atoms with Crippen molar-refractivity contribution in [1.29, 1.82) is 0 Å². The lowest BCUT2D eigenvalue weighted by atomic mass is 10.2. The molecule has 0 spiro atoms. The van der Waals surface area contributed by atoms with Gasteiger partial charge in [0.05, 0.1) is 4.92 Å². The number of nitro groups is 1. The Bertz CT molecular complexity index is 405. The van der Waals surface area contributed by atoms with Gasteiger partial charge in [-0.15, -0.1) is 5.10 Å². The monoisotopic (exact) mass is 178 g/mol. The Hall–Kier alpha value is -2.11. The highest BCUT2D eigenvalue weighted by molar-refractivity contribution is 5.56. The minimum Gasteiger partial charge on any atom is -0.266 e. The summed E-state index contributed by atoms with van der Waals surface area (Å²) in [5.41, 5.74) is 0.904. The first-order valence-corrected chi connectivity index (χ1v) is 3.61. The van der Waals surface area contributed by atoms with Gasteiger partial charge in [-0.25, -0.2) is 5.21 Å². The number of hydrogen-bond acceptors (Lipinski definition) is 3. The number of benzene rings is 1. The van der Waals surface area contributed by atoms with Gasteiger partial charge in [-0.2, -0.15) is 0 Å². The predicted molar refractivity (Wildman–Crippen MR) is 45.0 cm³/mol. The second-order valence-electron chi connectivity index (χ2n) is 2.50. The third-order valence-corrected chi connectivity index (χ3v) is 1.69. The molecule has 0 aliphatic rings. The molecule has 0 aliphatic carbocycles. The zero-order valence-corrected chi connectivity index (χ0v) is 6.52. The Morgan fingerprint density at radius 1 is 1.31 bits per heavy atom. The van der Waals surface area contributed by atoms with Crippen LogP contribution in [0.15, 0.2) is 24.3 Å². The van der Waals surface area contributed by atoms with Crippen molar-refractivity contribution in [2.24, 2.45) is 0 Å². The zero-order valence-electron chi connectivity index (χ0n) is 6.52. The Labute approximate surface area is 72.7 Å². The molecular formula is C7H6N4O2. The summed E-state index contributed by atoms with van der Waals surface area (Å²) in [5.74, 6) is 0.690. The van der Waals surface area contributed by atoms with Gasteiger partial charge in [-0.1, -0.05) is 0 Å². The quantitative estimate of drug-likeness (QED) is 0.536. The number of nitrogens with one attached hydrogen (secondary N) is 2. The van der Waals surface area contributed by atoms with Crippen molar-refractivity contribution in [3.8, 4) is 11.4 Å². The molecule has 6 heteroatoms. The van der Waals surface area contributed by atoms with Crippen LogP contribution >= 0.6 is 0 Å². The van der Waals surface area contributed by atoms with Gasteiger partial charge in [-0.3, -0.25) is 15.2 Å². The fraction of sp³-hybridized carbons (Fsp3) is 0. The minimum absolute atomic E-state index is 0.0802. The topological polar surface area (TPSA) is 87.6 Å². The number of hydrogen-bond donors (Lipinski definition) is 2. The predicted octanol–water partition coefficient (Wildman–Crippen LogP) is 1.31. The molecule has 66 valence electrons. The Balaban J connectivity index is 2.32. The lowest BCUT2D eigenvalue weighted by Crippen LogP contribution is -1.99. The lowest BCUT2D eigenvalue weighted by molar-refractivity contribution is -0.384. The molecule has 2 aromatic rings. The van der Waals surface area contributed by atoms with Crippen LogP contribution in [0, 0.1) is 10.1 Å². The summed E-state index contributed by atoms with van der Waals surface area (Å²) in [5, 5.41) is 19.4. The van der Waals surface area contributed by atoms with Gasteiger partial charge in [0.25, 0.3) is 5.69 Å². The molecule has 2 N–H and O–H groups in total. The van der Waals surface area contributed by atoms with Gasteiger partial charge >= 0.3 is 0 Å². The molecule has 6 nitrogen and oxygen atoms in total. The molecule has 1 heterocycles. The van der Waals surface area contributed by atoms with E-state index < -0.39 is 4.92 Å². The van der Waals surface area contributed by atoms with Gasteiger partial charge in [0, 0.05) is 17.7 Å². The van der Waals surface area contributed by atoms with Crippen molar-refractivity contribution in [3.05, 3.63) is 34.4 Å². The van der Waals surface area contributed by atoms with E-state index in [0.29, 0.717) is 5.82 Å². The van der Waals surface area contributed by atoms with Crippen molar-refractivity contribution in [2.75, 3.05) is 0 Å². The van der Waals surface area contributed by atoms with Crippen molar-refractivity contribution in [3.63, 3.8) is 0 Å². The molecule has 2 rings (SSSR count). The van der Waals surface area contributed by atoms with Crippen LogP contribution in [0.25, 0.3) is 11.4 Å². The van der Waals surface area contributed by atoms with Gasteiger partial charge in [0.1, 0.15) is 0 Å². The summed E-state index contributed by atoms with van der Waals surface area (Å²) in [4.78, 5) is 9.88. The highest BCUT2D eigenvalue weighted by atomic mass is 16.6. The number of nitrogens with zero attached hydrogens (tertiary/aromatic N) is 2. The van der Waals surface area contributed by atoms with Gasteiger partial charge in [0.2, 0.25) is 0 Å². The maximum Gasteiger partial charge on any atom is 0.269 e. The van der Waals surface area contributed by atoms with Crippen LogP contribution in [-0.4, -0.2) is 20.3 Å². The van der Waals surface area contributed by atoms with Gasteiger partial charge < -0.3 is 0 Å². The first-order chi connectivity index (χ1) is 6.27. The molecule has 0 radical (unpaired) electrons. The van der Waals surface area contributed by atoms with Crippen LogP contribution in [0.5, 0.6) is 0 Å². The number of aromatic amines is 2. The van der Waals surface area contributed by atoms with E-state index in [1.165, 1.54) is 12.1 Å². The Kier molecular flexibility index (Phi) is 1.59. The summed E-state index contributed by atoms with van der Waals surface area (Å²) in [7, 11) is 0. The molecule has 0 saturated carbocycles. The molecule has 0 amide bonds. The van der Waals surface area contributed by atoms with Crippen molar-refractivity contribution >= 4 is 5.69 Å². The summed E-state index contributed by atoms with van der Waals surface area (Å²) in [6.45, 7) is 0. The average Bonchev–Trinajstić information content (AvgIpc) is 2.02. The van der Waals surface area contributed by atoms with Crippen LogP contribution in [0.4, 0.5) is 5.69 Å². The van der Waals surface area contributed by atoms with E-state index in [-0.39, 0.29) is 5.69 Å². The molecule has 13 heavy (non-hydrogen) atoms. The smallest absolute Gasteiger partial charge is 0.266 e. The number of nitro benzene ring substituents is 1. The molecular weight excluding hydrogens is 172 g/mol. The third kappa shape index (κ3) is 1.28. The summed E-state index contributed by atoms with van der Waals surface area (Å²) in [6, 6.07) is 6.17. The largest absolute Gasteiger partial charge is 0.269 e. The van der Waals surface area contributed by atoms with E-state index in [0.717, 1.165) is 5.56 Å². The highest BCUT2D eigenvalue weighted by Gasteiger charge is 2.06. The number of aromatic nitrogens is 3. The van der Waals surface area contributed by atoms with Crippen LogP contribution in [-0.2, 0) is 0 Å². The fourth-order valence-electron chi connectivity index (χ4n) is 0.990. The number of non-ortho nitro benzene ring substituents is 1. The van der Waals surface area contributed by atoms with E-state index in [2.05, 4.69) is 15.4 Å². The Morgan fingerprint density at radius 2 is 1.92 bits per heavy atom. The van der Waals surface area contributed by atoms with Gasteiger partial charge in [0.15, 0.2) is 5.82 Å². The van der Waals surface area contributed by atoms with E-state index in [1.807, 2.05) is 0 Å². The number of H-pyrrole nitrogens is 2. The van der Waals surface area contributed by atoms with Crippen molar-refractivity contribution in [2.45, 2.75) is 0 Å². The molecule has 1 aromatic heterocycles. The summed E-state index contributed by atoms with van der Waals surface area (Å²) < 4.78 is 0. The molecule has 0 saturated heterocycles. The van der Waals surface area contributed by atoms with E-state index in [4.69, 9.17) is 0 Å². The fourth-order valence-corrected chi connectivity index (χ4v) is 0.990. The molecule has 0 atom stereocenters. The average molecular weight is 178 g/mol. The molecule has 0 fully saturated rings. The maximum atomic E-state index is 10.3. The summed E-state index contributed by atoms with van der Waals surface area (Å²) >= 11 is 0. The van der Waals surface area contributed by atoms with Crippen LogP contribution in [0.1, 0.15) is 0 Å².